The van der Waals surface area contributed by atoms with Gasteiger partial charge in [0.15, 0.2) is 0 Å². The molecule has 1 aromatic rings. The molecule has 1 aliphatic rings. The highest BCUT2D eigenvalue weighted by atomic mass is 79.9. The van der Waals surface area contributed by atoms with Crippen LogP contribution in [0.4, 0.5) is 0 Å². The zero-order valence-corrected chi connectivity index (χ0v) is 12.9. The van der Waals surface area contributed by atoms with E-state index in [9.17, 15) is 0 Å². The molecule has 102 valence electrons. The number of halogens is 1. The Morgan fingerprint density at radius 3 is 2.94 bits per heavy atom. The van der Waals surface area contributed by atoms with Crippen LogP contribution in [-0.4, -0.2) is 29.0 Å². The number of ether oxygens (including phenoxy) is 1. The van der Waals surface area contributed by atoms with Crippen molar-refractivity contribution in [1.82, 2.24) is 15.1 Å². The Morgan fingerprint density at radius 1 is 1.61 bits per heavy atom. The first-order valence-corrected chi connectivity index (χ1v) is 7.50. The second-order valence-corrected chi connectivity index (χ2v) is 5.78. The van der Waals surface area contributed by atoms with Gasteiger partial charge in [0.1, 0.15) is 0 Å². The normalized spacial score (nSPS) is 25.6. The van der Waals surface area contributed by atoms with Crippen molar-refractivity contribution in [2.45, 2.75) is 57.9 Å². The van der Waals surface area contributed by atoms with Crippen LogP contribution in [0, 0.1) is 0 Å². The third kappa shape index (κ3) is 2.78. The Hall–Kier alpha value is -0.390. The average molecular weight is 316 g/mol. The van der Waals surface area contributed by atoms with Crippen molar-refractivity contribution in [3.05, 3.63) is 16.4 Å². The molecule has 1 aliphatic heterocycles. The fraction of sp³-hybridized carbons (Fsp3) is 0.769. The van der Waals surface area contributed by atoms with E-state index in [0.29, 0.717) is 6.10 Å². The van der Waals surface area contributed by atoms with Crippen molar-refractivity contribution < 1.29 is 4.74 Å². The highest BCUT2D eigenvalue weighted by molar-refractivity contribution is 9.10. The molecule has 1 saturated heterocycles. The van der Waals surface area contributed by atoms with E-state index in [0.717, 1.165) is 30.3 Å². The molecule has 3 unspecified atom stereocenters. The van der Waals surface area contributed by atoms with Crippen molar-refractivity contribution in [2.24, 2.45) is 0 Å². The van der Waals surface area contributed by atoms with Gasteiger partial charge in [-0.25, -0.2) is 0 Å². The lowest BCUT2D eigenvalue weighted by Gasteiger charge is -2.24. The minimum atomic E-state index is 0.207. The van der Waals surface area contributed by atoms with Gasteiger partial charge >= 0.3 is 0 Å². The third-order valence-electron chi connectivity index (χ3n) is 3.51. The van der Waals surface area contributed by atoms with Crippen molar-refractivity contribution in [2.75, 3.05) is 7.05 Å². The monoisotopic (exact) mass is 315 g/mol. The first-order chi connectivity index (χ1) is 8.67. The van der Waals surface area contributed by atoms with Crippen molar-refractivity contribution in [3.8, 4) is 0 Å². The molecule has 0 spiro atoms. The predicted molar refractivity (Wildman–Crippen MR) is 75.6 cm³/mol. The summed E-state index contributed by atoms with van der Waals surface area (Å²) in [7, 11) is 1.99. The summed E-state index contributed by atoms with van der Waals surface area (Å²) in [4.78, 5) is 0. The average Bonchev–Trinajstić information content (AvgIpc) is 2.91. The minimum Gasteiger partial charge on any atom is -0.373 e. The molecule has 0 bridgehead atoms. The van der Waals surface area contributed by atoms with E-state index in [4.69, 9.17) is 4.74 Å². The molecular formula is C13H22BrN3O. The predicted octanol–water partition coefficient (Wildman–Crippen LogP) is 2.88. The molecule has 3 atom stereocenters. The number of hydrogen-bond donors (Lipinski definition) is 1. The van der Waals surface area contributed by atoms with E-state index >= 15 is 0 Å². The second-order valence-electron chi connectivity index (χ2n) is 4.93. The first-order valence-electron chi connectivity index (χ1n) is 6.71. The Balaban J connectivity index is 2.23. The molecule has 2 rings (SSSR count). The van der Waals surface area contributed by atoms with E-state index in [1.807, 2.05) is 13.2 Å². The molecule has 1 N–H and O–H groups in total. The highest BCUT2D eigenvalue weighted by Crippen LogP contribution is 2.33. The molecule has 0 saturated carbocycles. The Labute approximate surface area is 117 Å². The summed E-state index contributed by atoms with van der Waals surface area (Å²) in [6.45, 7) is 5.26. The maximum Gasteiger partial charge on any atom is 0.0789 e. The quantitative estimate of drug-likeness (QED) is 0.908. The number of nitrogens with zero attached hydrogens (tertiary/aromatic N) is 2. The minimum absolute atomic E-state index is 0.207. The summed E-state index contributed by atoms with van der Waals surface area (Å²) >= 11 is 3.61. The van der Waals surface area contributed by atoms with Gasteiger partial charge in [-0.15, -0.1) is 0 Å². The van der Waals surface area contributed by atoms with Crippen LogP contribution < -0.4 is 5.32 Å². The maximum absolute atomic E-state index is 6.00. The summed E-state index contributed by atoms with van der Waals surface area (Å²) < 4.78 is 9.15. The molecule has 0 radical (unpaired) electrons. The van der Waals surface area contributed by atoms with Gasteiger partial charge in [-0.3, -0.25) is 4.68 Å². The summed E-state index contributed by atoms with van der Waals surface area (Å²) in [6, 6.07) is 0.207. The summed E-state index contributed by atoms with van der Waals surface area (Å²) in [5, 5.41) is 7.83. The lowest BCUT2D eigenvalue weighted by Crippen LogP contribution is -2.32. The summed E-state index contributed by atoms with van der Waals surface area (Å²) in [6.07, 6.45) is 5.83. The van der Waals surface area contributed by atoms with Crippen molar-refractivity contribution >= 4 is 15.9 Å². The van der Waals surface area contributed by atoms with Crippen molar-refractivity contribution in [3.63, 3.8) is 0 Å². The molecule has 0 aromatic carbocycles. The highest BCUT2D eigenvalue weighted by Gasteiger charge is 2.32. The molecule has 1 aromatic heterocycles. The van der Waals surface area contributed by atoms with Gasteiger partial charge in [0.2, 0.25) is 0 Å². The second kappa shape index (κ2) is 6.17. The van der Waals surface area contributed by atoms with Gasteiger partial charge in [0, 0.05) is 6.54 Å². The van der Waals surface area contributed by atoms with Crippen LogP contribution in [0.15, 0.2) is 10.7 Å². The van der Waals surface area contributed by atoms with Crippen LogP contribution in [0.2, 0.25) is 0 Å². The number of rotatable bonds is 5. The summed E-state index contributed by atoms with van der Waals surface area (Å²) in [5.41, 5.74) is 1.21. The topological polar surface area (TPSA) is 39.1 Å². The molecule has 18 heavy (non-hydrogen) atoms. The first kappa shape index (κ1) is 14.0. The molecule has 5 heteroatoms. The Kier molecular flexibility index (Phi) is 4.81. The van der Waals surface area contributed by atoms with Crippen LogP contribution >= 0.6 is 15.9 Å². The SMILES string of the molecule is CCCn1ncc(Br)c1C(NC)C1CCC(C)O1. The van der Waals surface area contributed by atoms with Gasteiger partial charge in [-0.05, 0) is 49.2 Å². The molecule has 0 amide bonds. The third-order valence-corrected chi connectivity index (χ3v) is 4.12. The van der Waals surface area contributed by atoms with Gasteiger partial charge < -0.3 is 10.1 Å². The zero-order valence-electron chi connectivity index (χ0n) is 11.3. The molecular weight excluding hydrogens is 294 g/mol. The fourth-order valence-corrected chi connectivity index (χ4v) is 3.19. The Morgan fingerprint density at radius 2 is 2.39 bits per heavy atom. The molecule has 1 fully saturated rings. The lowest BCUT2D eigenvalue weighted by atomic mass is 10.0. The van der Waals surface area contributed by atoms with Crippen LogP contribution in [0.5, 0.6) is 0 Å². The maximum atomic E-state index is 6.00. The zero-order chi connectivity index (χ0) is 13.1. The largest absolute Gasteiger partial charge is 0.373 e. The van der Waals surface area contributed by atoms with Crippen LogP contribution in [0.25, 0.3) is 0 Å². The number of likely N-dealkylation sites (N-methyl/N-ethyl adjacent to an activating group) is 1. The lowest BCUT2D eigenvalue weighted by molar-refractivity contribution is 0.0312. The van der Waals surface area contributed by atoms with E-state index in [1.165, 1.54) is 5.69 Å². The van der Waals surface area contributed by atoms with Crippen LogP contribution in [-0.2, 0) is 11.3 Å². The summed E-state index contributed by atoms with van der Waals surface area (Å²) in [5.74, 6) is 0. The standard InChI is InChI=1S/C13H22BrN3O/c1-4-7-17-13(10(14)8-16-17)12(15-3)11-6-5-9(2)18-11/h8-9,11-12,15H,4-7H2,1-3H3. The van der Waals surface area contributed by atoms with Gasteiger partial charge in [0.05, 0.1) is 34.6 Å². The number of hydrogen-bond acceptors (Lipinski definition) is 3. The van der Waals surface area contributed by atoms with Gasteiger partial charge in [-0.2, -0.15) is 5.10 Å². The van der Waals surface area contributed by atoms with E-state index in [-0.39, 0.29) is 12.1 Å². The van der Waals surface area contributed by atoms with E-state index < -0.39 is 0 Å². The van der Waals surface area contributed by atoms with Crippen LogP contribution in [0.3, 0.4) is 0 Å². The Bertz CT molecular complexity index is 394. The van der Waals surface area contributed by atoms with E-state index in [2.05, 4.69) is 44.9 Å². The number of nitrogens with one attached hydrogen (secondary N) is 1. The van der Waals surface area contributed by atoms with Gasteiger partial charge in [-0.1, -0.05) is 6.92 Å². The number of aromatic nitrogens is 2. The molecule has 0 aliphatic carbocycles. The smallest absolute Gasteiger partial charge is 0.0789 e. The fourth-order valence-electron chi connectivity index (χ4n) is 2.65. The van der Waals surface area contributed by atoms with E-state index in [1.54, 1.807) is 0 Å². The van der Waals surface area contributed by atoms with Gasteiger partial charge in [0.25, 0.3) is 0 Å². The molecule has 4 nitrogen and oxygen atoms in total. The molecule has 2 heterocycles. The van der Waals surface area contributed by atoms with Crippen LogP contribution in [0.1, 0.15) is 44.8 Å². The number of aryl methyl sites for hydroxylation is 1. The van der Waals surface area contributed by atoms with Crippen molar-refractivity contribution in [1.29, 1.82) is 0 Å².